The summed E-state index contributed by atoms with van der Waals surface area (Å²) >= 11 is 0. The fourth-order valence-corrected chi connectivity index (χ4v) is 0.294. The van der Waals surface area contributed by atoms with Crippen LogP contribution in [-0.4, -0.2) is 19.2 Å². The zero-order valence-corrected chi connectivity index (χ0v) is 5.09. The highest BCUT2D eigenvalue weighted by molar-refractivity contribution is 5.70. The van der Waals surface area contributed by atoms with Crippen molar-refractivity contribution < 1.29 is 14.3 Å². The summed E-state index contributed by atoms with van der Waals surface area (Å²) in [7, 11) is 0. The minimum absolute atomic E-state index is 0.287. The summed E-state index contributed by atoms with van der Waals surface area (Å²) in [4.78, 5) is 10.3. The molecular weight excluding hydrogens is 122 g/mol. The van der Waals surface area contributed by atoms with E-state index in [1.165, 1.54) is 6.26 Å². The maximum absolute atomic E-state index is 10.3. The summed E-state index contributed by atoms with van der Waals surface area (Å²) in [6.45, 7) is 1.71. The van der Waals surface area contributed by atoms with Crippen LogP contribution in [0.4, 0.5) is 0 Å². The molecule has 0 aliphatic heterocycles. The van der Waals surface area contributed by atoms with Gasteiger partial charge in [0, 0.05) is 0 Å². The van der Waals surface area contributed by atoms with Crippen LogP contribution in [-0.2, 0) is 14.3 Å². The fourth-order valence-electron chi connectivity index (χ4n) is 0.294. The highest BCUT2D eigenvalue weighted by atomic mass is 16.6. The molecule has 4 heteroatoms. The molecule has 0 saturated heterocycles. The molecule has 0 bridgehead atoms. The molecule has 9 heavy (non-hydrogen) atoms. The van der Waals surface area contributed by atoms with Crippen LogP contribution in [0.25, 0.3) is 0 Å². The number of rotatable bonds is 3. The van der Waals surface area contributed by atoms with Gasteiger partial charge >= 0.3 is 5.97 Å². The highest BCUT2D eigenvalue weighted by Crippen LogP contribution is 1.77. The Morgan fingerprint density at radius 3 is 2.89 bits per heavy atom. The molecule has 0 N–H and O–H groups in total. The molecule has 0 heterocycles. The topological polar surface area (TPSA) is 59.3 Å². The molecule has 0 aromatic rings. The lowest BCUT2D eigenvalue weighted by atomic mass is 10.7. The Bertz CT molecular complexity index is 127. The molecular formula is C5H7NO3. The lowest BCUT2D eigenvalue weighted by Gasteiger charge is -1.96. The van der Waals surface area contributed by atoms with Crippen molar-refractivity contribution in [1.29, 1.82) is 5.26 Å². The van der Waals surface area contributed by atoms with Gasteiger partial charge in [-0.2, -0.15) is 5.26 Å². The molecule has 0 aliphatic carbocycles. The number of ether oxygens (including phenoxy) is 2. The van der Waals surface area contributed by atoms with Gasteiger partial charge in [0.1, 0.15) is 0 Å². The van der Waals surface area contributed by atoms with Crippen LogP contribution in [0.2, 0.25) is 0 Å². The smallest absolute Gasteiger partial charge is 0.345 e. The quantitative estimate of drug-likeness (QED) is 0.399. The number of carbonyl (C=O) groups is 1. The second-order valence-electron chi connectivity index (χ2n) is 1.18. The summed E-state index contributed by atoms with van der Waals surface area (Å²) < 4.78 is 8.51. The minimum atomic E-state index is -0.515. The zero-order valence-electron chi connectivity index (χ0n) is 5.09. The Morgan fingerprint density at radius 2 is 2.44 bits per heavy atom. The number of nitriles is 1. The Morgan fingerprint density at radius 1 is 1.78 bits per heavy atom. The van der Waals surface area contributed by atoms with E-state index in [1.807, 2.05) is 0 Å². The Balaban J connectivity index is 3.19. The molecule has 0 unspecified atom stereocenters. The van der Waals surface area contributed by atoms with Gasteiger partial charge in [0.2, 0.25) is 0 Å². The van der Waals surface area contributed by atoms with Crippen LogP contribution >= 0.6 is 0 Å². The predicted octanol–water partition coefficient (Wildman–Crippen LogP) is 0.0472. The van der Waals surface area contributed by atoms with E-state index < -0.39 is 5.97 Å². The molecule has 0 atom stereocenters. The van der Waals surface area contributed by atoms with Crippen molar-refractivity contribution in [2.45, 2.75) is 6.92 Å². The monoisotopic (exact) mass is 129 g/mol. The first-order valence-corrected chi connectivity index (χ1v) is 2.47. The average Bonchev–Trinajstić information content (AvgIpc) is 1.85. The second-order valence-corrected chi connectivity index (χ2v) is 1.18. The van der Waals surface area contributed by atoms with Gasteiger partial charge in [0.15, 0.2) is 6.61 Å². The van der Waals surface area contributed by atoms with E-state index in [4.69, 9.17) is 5.26 Å². The van der Waals surface area contributed by atoms with E-state index in [1.54, 1.807) is 6.92 Å². The van der Waals surface area contributed by atoms with Crippen LogP contribution in [0.3, 0.4) is 0 Å². The molecule has 50 valence electrons. The molecule has 4 nitrogen and oxygen atoms in total. The van der Waals surface area contributed by atoms with Crippen molar-refractivity contribution in [2.24, 2.45) is 0 Å². The number of esters is 1. The molecule has 0 saturated carbocycles. The van der Waals surface area contributed by atoms with Gasteiger partial charge in [-0.3, -0.25) is 0 Å². The normalized spacial score (nSPS) is 7.56. The summed E-state index contributed by atoms with van der Waals surface area (Å²) in [5.41, 5.74) is 0. The first kappa shape index (κ1) is 7.76. The second kappa shape index (κ2) is 4.91. The van der Waals surface area contributed by atoms with Crippen molar-refractivity contribution in [2.75, 3.05) is 13.2 Å². The van der Waals surface area contributed by atoms with Gasteiger partial charge in [-0.05, 0) is 6.92 Å². The van der Waals surface area contributed by atoms with Crippen LogP contribution in [0.15, 0.2) is 0 Å². The average molecular weight is 129 g/mol. The minimum Gasteiger partial charge on any atom is -0.463 e. The van der Waals surface area contributed by atoms with Crippen LogP contribution in [0.1, 0.15) is 6.92 Å². The molecule has 0 aliphatic rings. The lowest BCUT2D eigenvalue weighted by molar-refractivity contribution is -0.146. The Labute approximate surface area is 53.0 Å². The molecule has 0 amide bonds. The number of carbonyl (C=O) groups excluding carboxylic acids is 1. The first-order valence-electron chi connectivity index (χ1n) is 2.47. The van der Waals surface area contributed by atoms with Crippen molar-refractivity contribution in [3.63, 3.8) is 0 Å². The predicted molar refractivity (Wildman–Crippen MR) is 28.2 cm³/mol. The van der Waals surface area contributed by atoms with Crippen LogP contribution in [0, 0.1) is 11.5 Å². The van der Waals surface area contributed by atoms with Gasteiger partial charge in [-0.25, -0.2) is 4.79 Å². The maximum atomic E-state index is 10.3. The molecule has 0 spiro atoms. The molecule has 0 radical (unpaired) electrons. The third-order valence-corrected chi connectivity index (χ3v) is 0.560. The maximum Gasteiger partial charge on any atom is 0.345 e. The fraction of sp³-hybridized carbons (Fsp3) is 0.600. The number of hydrogen-bond acceptors (Lipinski definition) is 4. The van der Waals surface area contributed by atoms with Crippen molar-refractivity contribution in [3.05, 3.63) is 0 Å². The van der Waals surface area contributed by atoms with Crippen molar-refractivity contribution >= 4 is 5.97 Å². The van der Waals surface area contributed by atoms with E-state index in [0.29, 0.717) is 6.61 Å². The highest BCUT2D eigenvalue weighted by Gasteiger charge is 1.98. The Hall–Kier alpha value is -1.24. The molecule has 0 fully saturated rings. The van der Waals surface area contributed by atoms with Crippen LogP contribution < -0.4 is 0 Å². The number of nitrogens with zero attached hydrogens (tertiary/aromatic N) is 1. The van der Waals surface area contributed by atoms with Crippen LogP contribution in [0.5, 0.6) is 0 Å². The largest absolute Gasteiger partial charge is 0.463 e. The van der Waals surface area contributed by atoms with E-state index in [0.717, 1.165) is 0 Å². The van der Waals surface area contributed by atoms with Gasteiger partial charge in [0.05, 0.1) is 6.61 Å². The third-order valence-electron chi connectivity index (χ3n) is 0.560. The lowest BCUT2D eigenvalue weighted by Crippen LogP contribution is -2.10. The van der Waals surface area contributed by atoms with Gasteiger partial charge in [0.25, 0.3) is 6.26 Å². The van der Waals surface area contributed by atoms with Crippen molar-refractivity contribution in [3.8, 4) is 6.26 Å². The molecule has 0 aromatic carbocycles. The van der Waals surface area contributed by atoms with Crippen molar-refractivity contribution in [1.82, 2.24) is 0 Å². The summed E-state index contributed by atoms with van der Waals surface area (Å²) in [6.07, 6.45) is 1.36. The van der Waals surface area contributed by atoms with Gasteiger partial charge in [-0.1, -0.05) is 0 Å². The SMILES string of the molecule is CCOC(=O)COC#N. The summed E-state index contributed by atoms with van der Waals surface area (Å²) in [6, 6.07) is 0. The molecule has 0 aromatic heterocycles. The molecule has 0 rings (SSSR count). The summed E-state index contributed by atoms with van der Waals surface area (Å²) in [5, 5.41) is 7.80. The zero-order chi connectivity index (χ0) is 7.11. The summed E-state index contributed by atoms with van der Waals surface area (Å²) in [5.74, 6) is -0.515. The van der Waals surface area contributed by atoms with E-state index in [-0.39, 0.29) is 6.61 Å². The van der Waals surface area contributed by atoms with E-state index in [9.17, 15) is 4.79 Å². The van der Waals surface area contributed by atoms with E-state index in [2.05, 4.69) is 9.47 Å². The van der Waals surface area contributed by atoms with E-state index >= 15 is 0 Å². The third kappa shape index (κ3) is 4.62. The van der Waals surface area contributed by atoms with Gasteiger partial charge in [-0.15, -0.1) is 0 Å². The van der Waals surface area contributed by atoms with Gasteiger partial charge < -0.3 is 9.47 Å². The Kier molecular flexibility index (Phi) is 4.23. The standard InChI is InChI=1S/C5H7NO3/c1-2-9-5(7)3-8-4-6/h2-3H2,1H3. The first-order chi connectivity index (χ1) is 4.31. The number of hydrogen-bond donors (Lipinski definition) is 0.